The standard InChI is InChI=1S/C22H21F2N3/c23-17-9-10-20(21(24)15-17)22-8-4-5-18(25-22)11-12-26-13-14-27(16-26)19-6-2-1-3-7-19/h1-10,15H,11-14,16H2. The average molecular weight is 365 g/mol. The van der Waals surface area contributed by atoms with Gasteiger partial charge in [0.15, 0.2) is 0 Å². The highest BCUT2D eigenvalue weighted by atomic mass is 19.1. The summed E-state index contributed by atoms with van der Waals surface area (Å²) in [6.07, 6.45) is 0.791. The van der Waals surface area contributed by atoms with Crippen molar-refractivity contribution < 1.29 is 8.78 Å². The summed E-state index contributed by atoms with van der Waals surface area (Å²) >= 11 is 0. The van der Waals surface area contributed by atoms with E-state index >= 15 is 0 Å². The van der Waals surface area contributed by atoms with E-state index in [0.29, 0.717) is 11.3 Å². The van der Waals surface area contributed by atoms with Gasteiger partial charge in [0.05, 0.1) is 12.4 Å². The Morgan fingerprint density at radius 1 is 0.889 bits per heavy atom. The minimum Gasteiger partial charge on any atom is -0.357 e. The Bertz CT molecular complexity index is 914. The summed E-state index contributed by atoms with van der Waals surface area (Å²) in [7, 11) is 0. The highest BCUT2D eigenvalue weighted by Gasteiger charge is 2.19. The third-order valence-corrected chi connectivity index (χ3v) is 4.88. The maximum atomic E-state index is 14.0. The van der Waals surface area contributed by atoms with Crippen LogP contribution in [0.25, 0.3) is 11.3 Å². The van der Waals surface area contributed by atoms with Gasteiger partial charge in [0.25, 0.3) is 0 Å². The lowest BCUT2D eigenvalue weighted by atomic mass is 10.1. The minimum atomic E-state index is -0.585. The predicted molar refractivity (Wildman–Crippen MR) is 104 cm³/mol. The molecule has 2 aromatic carbocycles. The van der Waals surface area contributed by atoms with Gasteiger partial charge >= 0.3 is 0 Å². The van der Waals surface area contributed by atoms with E-state index in [0.717, 1.165) is 44.5 Å². The molecule has 1 fully saturated rings. The van der Waals surface area contributed by atoms with E-state index in [2.05, 4.69) is 39.0 Å². The summed E-state index contributed by atoms with van der Waals surface area (Å²) in [5.74, 6) is -1.16. The van der Waals surface area contributed by atoms with Crippen LogP contribution in [0, 0.1) is 11.6 Å². The molecule has 138 valence electrons. The Kier molecular flexibility index (Phi) is 5.12. The second-order valence-electron chi connectivity index (χ2n) is 6.75. The molecule has 5 heteroatoms. The fourth-order valence-electron chi connectivity index (χ4n) is 3.42. The monoisotopic (exact) mass is 365 g/mol. The summed E-state index contributed by atoms with van der Waals surface area (Å²) in [4.78, 5) is 9.32. The molecule has 3 aromatic rings. The van der Waals surface area contributed by atoms with Crippen molar-refractivity contribution in [1.29, 1.82) is 0 Å². The average Bonchev–Trinajstić information content (AvgIpc) is 3.16. The van der Waals surface area contributed by atoms with Gasteiger partial charge < -0.3 is 4.90 Å². The number of anilines is 1. The fourth-order valence-corrected chi connectivity index (χ4v) is 3.42. The summed E-state index contributed by atoms with van der Waals surface area (Å²) in [6, 6.07) is 19.6. The lowest BCUT2D eigenvalue weighted by molar-refractivity contribution is 0.345. The minimum absolute atomic E-state index is 0.328. The highest BCUT2D eigenvalue weighted by molar-refractivity contribution is 5.59. The van der Waals surface area contributed by atoms with E-state index in [4.69, 9.17) is 0 Å². The molecule has 0 radical (unpaired) electrons. The topological polar surface area (TPSA) is 19.4 Å². The molecule has 27 heavy (non-hydrogen) atoms. The number of hydrogen-bond donors (Lipinski definition) is 0. The first-order chi connectivity index (χ1) is 13.2. The molecule has 1 aliphatic rings. The molecular formula is C22H21F2N3. The molecule has 0 aliphatic carbocycles. The van der Waals surface area contributed by atoms with Crippen molar-refractivity contribution in [3.8, 4) is 11.3 Å². The number of para-hydroxylation sites is 1. The zero-order valence-corrected chi connectivity index (χ0v) is 15.0. The van der Waals surface area contributed by atoms with Crippen LogP contribution in [0.2, 0.25) is 0 Å². The van der Waals surface area contributed by atoms with Crippen LogP contribution in [0.15, 0.2) is 66.7 Å². The van der Waals surface area contributed by atoms with Crippen molar-refractivity contribution in [2.45, 2.75) is 6.42 Å². The van der Waals surface area contributed by atoms with Crippen LogP contribution >= 0.6 is 0 Å². The van der Waals surface area contributed by atoms with Crippen LogP contribution in [0.1, 0.15) is 5.69 Å². The van der Waals surface area contributed by atoms with E-state index in [-0.39, 0.29) is 0 Å². The van der Waals surface area contributed by atoms with Gasteiger partial charge in [0, 0.05) is 49.1 Å². The number of hydrogen-bond acceptors (Lipinski definition) is 3. The molecule has 1 aliphatic heterocycles. The lowest BCUT2D eigenvalue weighted by Crippen LogP contribution is -2.27. The molecule has 1 saturated heterocycles. The molecule has 3 nitrogen and oxygen atoms in total. The van der Waals surface area contributed by atoms with Crippen molar-refractivity contribution in [2.75, 3.05) is 31.2 Å². The maximum Gasteiger partial charge on any atom is 0.135 e. The smallest absolute Gasteiger partial charge is 0.135 e. The van der Waals surface area contributed by atoms with E-state index in [1.54, 1.807) is 6.07 Å². The zero-order valence-electron chi connectivity index (χ0n) is 15.0. The Balaban J connectivity index is 1.39. The Hall–Kier alpha value is -2.79. The molecule has 2 heterocycles. The van der Waals surface area contributed by atoms with Crippen LogP contribution in [0.4, 0.5) is 14.5 Å². The normalized spacial score (nSPS) is 14.7. The van der Waals surface area contributed by atoms with Crippen molar-refractivity contribution in [3.63, 3.8) is 0 Å². The molecule has 0 saturated carbocycles. The van der Waals surface area contributed by atoms with E-state index < -0.39 is 11.6 Å². The molecule has 0 bridgehead atoms. The van der Waals surface area contributed by atoms with Gasteiger partial charge in [-0.2, -0.15) is 0 Å². The maximum absolute atomic E-state index is 14.0. The van der Waals surface area contributed by atoms with Crippen LogP contribution < -0.4 is 4.90 Å². The van der Waals surface area contributed by atoms with E-state index in [1.165, 1.54) is 17.8 Å². The van der Waals surface area contributed by atoms with Gasteiger partial charge in [0.2, 0.25) is 0 Å². The Labute approximate surface area is 157 Å². The van der Waals surface area contributed by atoms with Crippen molar-refractivity contribution in [1.82, 2.24) is 9.88 Å². The highest BCUT2D eigenvalue weighted by Crippen LogP contribution is 2.22. The zero-order chi connectivity index (χ0) is 18.6. The molecule has 0 N–H and O–H groups in total. The molecule has 4 rings (SSSR count). The second kappa shape index (κ2) is 7.84. The van der Waals surface area contributed by atoms with Gasteiger partial charge in [0.1, 0.15) is 11.6 Å². The molecule has 1 aromatic heterocycles. The van der Waals surface area contributed by atoms with E-state index in [1.807, 2.05) is 18.2 Å². The predicted octanol–water partition coefficient (Wildman–Crippen LogP) is 4.35. The van der Waals surface area contributed by atoms with Gasteiger partial charge in [-0.05, 0) is 36.4 Å². The van der Waals surface area contributed by atoms with Gasteiger partial charge in [-0.15, -0.1) is 0 Å². The quantitative estimate of drug-likeness (QED) is 0.670. The number of halogens is 2. The largest absolute Gasteiger partial charge is 0.357 e. The second-order valence-corrected chi connectivity index (χ2v) is 6.75. The van der Waals surface area contributed by atoms with E-state index in [9.17, 15) is 8.78 Å². The summed E-state index contributed by atoms with van der Waals surface area (Å²) < 4.78 is 27.1. The summed E-state index contributed by atoms with van der Waals surface area (Å²) in [5.41, 5.74) is 3.02. The lowest BCUT2D eigenvalue weighted by Gasteiger charge is -2.19. The van der Waals surface area contributed by atoms with Crippen LogP contribution in [0.5, 0.6) is 0 Å². The van der Waals surface area contributed by atoms with Crippen LogP contribution in [0.3, 0.4) is 0 Å². The molecule has 0 atom stereocenters. The third kappa shape index (κ3) is 4.14. The van der Waals surface area contributed by atoms with Crippen molar-refractivity contribution in [2.24, 2.45) is 0 Å². The number of rotatable bonds is 5. The first-order valence-corrected chi connectivity index (χ1v) is 9.13. The third-order valence-electron chi connectivity index (χ3n) is 4.88. The summed E-state index contributed by atoms with van der Waals surface area (Å²) in [5, 5.41) is 0. The number of aromatic nitrogens is 1. The first kappa shape index (κ1) is 17.6. The van der Waals surface area contributed by atoms with Crippen molar-refractivity contribution >= 4 is 5.69 Å². The molecule has 0 spiro atoms. The molecule has 0 unspecified atom stereocenters. The van der Waals surface area contributed by atoms with Gasteiger partial charge in [-0.3, -0.25) is 9.88 Å². The van der Waals surface area contributed by atoms with Crippen LogP contribution in [-0.4, -0.2) is 36.2 Å². The number of pyridine rings is 1. The summed E-state index contributed by atoms with van der Waals surface area (Å²) in [6.45, 7) is 3.82. The molecule has 0 amide bonds. The van der Waals surface area contributed by atoms with Gasteiger partial charge in [-0.1, -0.05) is 24.3 Å². The number of nitrogens with zero attached hydrogens (tertiary/aromatic N) is 3. The SMILES string of the molecule is Fc1ccc(-c2cccc(CCN3CCN(c4ccccc4)C3)n2)c(F)c1. The Morgan fingerprint density at radius 2 is 1.74 bits per heavy atom. The van der Waals surface area contributed by atoms with Crippen molar-refractivity contribution in [3.05, 3.63) is 84.1 Å². The Morgan fingerprint density at radius 3 is 2.56 bits per heavy atom. The fraction of sp³-hybridized carbons (Fsp3) is 0.227. The van der Waals surface area contributed by atoms with Gasteiger partial charge in [-0.25, -0.2) is 8.78 Å². The number of benzene rings is 2. The molecular weight excluding hydrogens is 344 g/mol. The van der Waals surface area contributed by atoms with Crippen LogP contribution in [-0.2, 0) is 6.42 Å². The first-order valence-electron chi connectivity index (χ1n) is 9.13.